The number of amides is 1. The molecule has 1 aliphatic carbocycles. The Hall–Kier alpha value is -1.69. The van der Waals surface area contributed by atoms with E-state index in [0.717, 1.165) is 49.2 Å². The molecule has 0 radical (unpaired) electrons. The average molecular weight is 359 g/mol. The zero-order valence-corrected chi connectivity index (χ0v) is 16.1. The number of anilines is 1. The van der Waals surface area contributed by atoms with E-state index >= 15 is 0 Å². The molecule has 1 unspecified atom stereocenters. The molecule has 5 nitrogen and oxygen atoms in total. The summed E-state index contributed by atoms with van der Waals surface area (Å²) in [5.41, 5.74) is 1.48. The van der Waals surface area contributed by atoms with Crippen molar-refractivity contribution in [2.75, 3.05) is 31.1 Å². The topological polar surface area (TPSA) is 49.3 Å². The predicted molar refractivity (Wildman–Crippen MR) is 102 cm³/mol. The molecular weight excluding hydrogens is 332 g/mol. The fourth-order valence-corrected chi connectivity index (χ4v) is 5.35. The fraction of sp³-hybridized carbons (Fsp3) is 0.632. The summed E-state index contributed by atoms with van der Waals surface area (Å²) in [6, 6.07) is 0. The van der Waals surface area contributed by atoms with Crippen molar-refractivity contribution in [3.63, 3.8) is 0 Å². The van der Waals surface area contributed by atoms with Crippen LogP contribution in [0.2, 0.25) is 0 Å². The molecule has 0 bridgehead atoms. The van der Waals surface area contributed by atoms with Gasteiger partial charge in [0.15, 0.2) is 0 Å². The van der Waals surface area contributed by atoms with E-state index in [2.05, 4.69) is 21.8 Å². The van der Waals surface area contributed by atoms with Crippen LogP contribution in [-0.4, -0.2) is 47.0 Å². The summed E-state index contributed by atoms with van der Waals surface area (Å²) in [5, 5.41) is 1.28. The highest BCUT2D eigenvalue weighted by Crippen LogP contribution is 2.40. The molecule has 1 amide bonds. The maximum atomic E-state index is 12.2. The van der Waals surface area contributed by atoms with E-state index < -0.39 is 0 Å². The molecule has 1 atom stereocenters. The highest BCUT2D eigenvalue weighted by molar-refractivity contribution is 7.19. The van der Waals surface area contributed by atoms with Crippen molar-refractivity contribution in [2.24, 2.45) is 11.8 Å². The van der Waals surface area contributed by atoms with Gasteiger partial charge in [0.1, 0.15) is 17.0 Å². The minimum Gasteiger partial charge on any atom is -0.352 e. The van der Waals surface area contributed by atoms with Crippen LogP contribution in [0.4, 0.5) is 5.82 Å². The molecular formula is C19H26N4OS. The molecule has 2 aliphatic rings. The van der Waals surface area contributed by atoms with Gasteiger partial charge in [0.05, 0.1) is 5.39 Å². The first-order valence-electron chi connectivity index (χ1n) is 9.33. The normalized spacial score (nSPS) is 21.0. The van der Waals surface area contributed by atoms with E-state index in [4.69, 9.17) is 0 Å². The highest BCUT2D eigenvalue weighted by Gasteiger charge is 2.28. The third-order valence-electron chi connectivity index (χ3n) is 5.46. The number of carbonyl (C=O) groups is 1. The number of aryl methyl sites for hydroxylation is 1. The van der Waals surface area contributed by atoms with E-state index in [1.54, 1.807) is 6.33 Å². The number of carbonyl (C=O) groups excluding carboxylic acids is 1. The van der Waals surface area contributed by atoms with Crippen LogP contribution in [0, 0.1) is 11.8 Å². The number of piperazine rings is 1. The number of fused-ring (bicyclic) bond motifs is 3. The number of aromatic nitrogens is 2. The number of hydrogen-bond donors (Lipinski definition) is 0. The van der Waals surface area contributed by atoms with E-state index in [0.29, 0.717) is 0 Å². The number of rotatable bonds is 2. The summed E-state index contributed by atoms with van der Waals surface area (Å²) in [6.45, 7) is 9.56. The first kappa shape index (κ1) is 16.8. The third kappa shape index (κ3) is 3.01. The van der Waals surface area contributed by atoms with Crippen LogP contribution in [0.25, 0.3) is 10.2 Å². The van der Waals surface area contributed by atoms with Crippen LogP contribution in [0.5, 0.6) is 0 Å². The second kappa shape index (κ2) is 6.56. The Bertz CT molecular complexity index is 792. The Kier molecular flexibility index (Phi) is 4.40. The minimum absolute atomic E-state index is 0.0724. The van der Waals surface area contributed by atoms with Crippen LogP contribution in [0.1, 0.15) is 37.6 Å². The van der Waals surface area contributed by atoms with Crippen molar-refractivity contribution >= 4 is 33.3 Å². The zero-order valence-electron chi connectivity index (χ0n) is 15.3. The lowest BCUT2D eigenvalue weighted by Crippen LogP contribution is -2.50. The first-order chi connectivity index (χ1) is 12.0. The molecule has 0 aromatic carbocycles. The van der Waals surface area contributed by atoms with Gasteiger partial charge in [0, 0.05) is 37.0 Å². The van der Waals surface area contributed by atoms with Gasteiger partial charge >= 0.3 is 0 Å². The zero-order chi connectivity index (χ0) is 17.6. The molecule has 134 valence electrons. The lowest BCUT2D eigenvalue weighted by atomic mass is 9.89. The molecule has 2 aromatic heterocycles. The standard InChI is InChI=1S/C19H26N4OS/c1-12(2)19(24)23-8-6-22(7-9-23)17-16-14-5-4-13(3)10-15(14)25-18(16)21-11-20-17/h11-13H,4-10H2,1-3H3. The Labute approximate surface area is 153 Å². The van der Waals surface area contributed by atoms with Gasteiger partial charge in [-0.2, -0.15) is 0 Å². The monoisotopic (exact) mass is 358 g/mol. The second-order valence-electron chi connectivity index (χ2n) is 7.70. The van der Waals surface area contributed by atoms with Crippen molar-refractivity contribution in [3.8, 4) is 0 Å². The lowest BCUT2D eigenvalue weighted by Gasteiger charge is -2.36. The SMILES string of the molecule is CC1CCc2c(sc3ncnc(N4CCN(C(=O)C(C)C)CC4)c23)C1. The Balaban J connectivity index is 1.61. The molecule has 25 heavy (non-hydrogen) atoms. The molecule has 1 aliphatic heterocycles. The summed E-state index contributed by atoms with van der Waals surface area (Å²) >= 11 is 1.85. The van der Waals surface area contributed by atoms with Gasteiger partial charge in [-0.05, 0) is 30.7 Å². The van der Waals surface area contributed by atoms with Gasteiger partial charge in [-0.3, -0.25) is 4.79 Å². The Morgan fingerprint density at radius 2 is 2.00 bits per heavy atom. The quantitative estimate of drug-likeness (QED) is 0.828. The maximum Gasteiger partial charge on any atom is 0.225 e. The molecule has 0 N–H and O–H groups in total. The molecule has 6 heteroatoms. The number of hydrogen-bond acceptors (Lipinski definition) is 5. The van der Waals surface area contributed by atoms with Crippen molar-refractivity contribution < 1.29 is 4.79 Å². The highest BCUT2D eigenvalue weighted by atomic mass is 32.1. The molecule has 2 aromatic rings. The summed E-state index contributed by atoms with van der Waals surface area (Å²) in [6.07, 6.45) is 5.27. The summed E-state index contributed by atoms with van der Waals surface area (Å²) in [7, 11) is 0. The van der Waals surface area contributed by atoms with Gasteiger partial charge in [0.25, 0.3) is 0 Å². The van der Waals surface area contributed by atoms with Crippen LogP contribution in [0.15, 0.2) is 6.33 Å². The lowest BCUT2D eigenvalue weighted by molar-refractivity contribution is -0.134. The molecule has 0 saturated carbocycles. The van der Waals surface area contributed by atoms with Crippen LogP contribution < -0.4 is 4.90 Å². The molecule has 1 fully saturated rings. The van der Waals surface area contributed by atoms with E-state index in [-0.39, 0.29) is 11.8 Å². The van der Waals surface area contributed by atoms with Gasteiger partial charge in [0.2, 0.25) is 5.91 Å². The number of nitrogens with zero attached hydrogens (tertiary/aromatic N) is 4. The van der Waals surface area contributed by atoms with E-state index in [1.165, 1.54) is 28.7 Å². The second-order valence-corrected chi connectivity index (χ2v) is 8.78. The third-order valence-corrected chi connectivity index (χ3v) is 6.62. The summed E-state index contributed by atoms with van der Waals surface area (Å²) in [5.74, 6) is 2.17. The van der Waals surface area contributed by atoms with Crippen LogP contribution in [0.3, 0.4) is 0 Å². The molecule has 3 heterocycles. The average Bonchev–Trinajstić information content (AvgIpc) is 2.98. The van der Waals surface area contributed by atoms with Crippen LogP contribution in [-0.2, 0) is 17.6 Å². The van der Waals surface area contributed by atoms with Gasteiger partial charge in [-0.15, -0.1) is 11.3 Å². The van der Waals surface area contributed by atoms with Crippen molar-refractivity contribution in [1.29, 1.82) is 0 Å². The van der Waals surface area contributed by atoms with E-state index in [1.807, 2.05) is 30.1 Å². The minimum atomic E-state index is 0.0724. The maximum absolute atomic E-state index is 12.2. The largest absolute Gasteiger partial charge is 0.352 e. The molecule has 4 rings (SSSR count). The van der Waals surface area contributed by atoms with Crippen molar-refractivity contribution in [1.82, 2.24) is 14.9 Å². The van der Waals surface area contributed by atoms with Gasteiger partial charge in [-0.1, -0.05) is 20.8 Å². The number of thiophene rings is 1. The van der Waals surface area contributed by atoms with Crippen LogP contribution >= 0.6 is 11.3 Å². The van der Waals surface area contributed by atoms with Gasteiger partial charge < -0.3 is 9.80 Å². The molecule has 1 saturated heterocycles. The predicted octanol–water partition coefficient (Wildman–Crippen LogP) is 3.12. The molecule has 0 spiro atoms. The fourth-order valence-electron chi connectivity index (χ4n) is 4.00. The Morgan fingerprint density at radius 1 is 1.24 bits per heavy atom. The summed E-state index contributed by atoms with van der Waals surface area (Å²) in [4.78, 5) is 28.4. The Morgan fingerprint density at radius 3 is 2.72 bits per heavy atom. The van der Waals surface area contributed by atoms with E-state index in [9.17, 15) is 4.79 Å². The van der Waals surface area contributed by atoms with Gasteiger partial charge in [-0.25, -0.2) is 9.97 Å². The first-order valence-corrected chi connectivity index (χ1v) is 10.1. The smallest absolute Gasteiger partial charge is 0.225 e. The van der Waals surface area contributed by atoms with Crippen molar-refractivity contribution in [2.45, 2.75) is 40.0 Å². The summed E-state index contributed by atoms with van der Waals surface area (Å²) < 4.78 is 0. The van der Waals surface area contributed by atoms with Crippen molar-refractivity contribution in [3.05, 3.63) is 16.8 Å².